The van der Waals surface area contributed by atoms with Gasteiger partial charge < -0.3 is 10.2 Å². The molecule has 6 nitrogen and oxygen atoms in total. The summed E-state index contributed by atoms with van der Waals surface area (Å²) in [6.07, 6.45) is 6.48. The molecule has 0 bridgehead atoms. The SMILES string of the molecule is Cc1ccc2c(cnn2PI)c1C1Cc2ncnc(N3CCNCC3)c2CC1C. The fourth-order valence-corrected chi connectivity index (χ4v) is 6.56. The first-order chi connectivity index (χ1) is 14.2. The maximum absolute atomic E-state index is 4.74. The highest BCUT2D eigenvalue weighted by atomic mass is 127. The van der Waals surface area contributed by atoms with Crippen molar-refractivity contribution in [3.05, 3.63) is 47.0 Å². The van der Waals surface area contributed by atoms with Crippen LogP contribution in [0.15, 0.2) is 24.7 Å². The van der Waals surface area contributed by atoms with E-state index in [-0.39, 0.29) is 0 Å². The zero-order valence-corrected chi connectivity index (χ0v) is 20.0. The molecule has 1 aromatic carbocycles. The van der Waals surface area contributed by atoms with Crippen molar-refractivity contribution in [2.75, 3.05) is 31.1 Å². The number of halogens is 1. The molecule has 5 rings (SSSR count). The second-order valence-electron chi connectivity index (χ2n) is 8.22. The van der Waals surface area contributed by atoms with Crippen molar-refractivity contribution in [1.29, 1.82) is 0 Å². The second kappa shape index (κ2) is 8.08. The minimum atomic E-state index is 0.465. The molecule has 3 aromatic rings. The second-order valence-corrected chi connectivity index (χ2v) is 10.3. The molecule has 0 saturated carbocycles. The third-order valence-electron chi connectivity index (χ3n) is 6.52. The van der Waals surface area contributed by atoms with E-state index in [4.69, 9.17) is 9.97 Å². The largest absolute Gasteiger partial charge is 0.354 e. The van der Waals surface area contributed by atoms with Crippen LogP contribution in [0.2, 0.25) is 0 Å². The Labute approximate surface area is 186 Å². The Morgan fingerprint density at radius 1 is 1.17 bits per heavy atom. The Morgan fingerprint density at radius 2 is 2.00 bits per heavy atom. The third-order valence-corrected chi connectivity index (χ3v) is 8.41. The van der Waals surface area contributed by atoms with Crippen molar-refractivity contribution in [1.82, 2.24) is 24.8 Å². The standard InChI is InChI=1S/C21H26IN6P/c1-13-3-4-19-17(11-26-28(19)29-22)20(13)15-10-18-16(9-14(15)2)21(25-12-24-18)27-7-5-23-6-8-27/h3-4,11-12,14-15,23,29H,5-10H2,1-2H3. The van der Waals surface area contributed by atoms with E-state index in [0.717, 1.165) is 44.8 Å². The van der Waals surface area contributed by atoms with Crippen molar-refractivity contribution in [3.8, 4) is 0 Å². The first-order valence-electron chi connectivity index (χ1n) is 10.3. The van der Waals surface area contributed by atoms with Crippen molar-refractivity contribution in [2.24, 2.45) is 5.92 Å². The van der Waals surface area contributed by atoms with Gasteiger partial charge in [0.05, 0.1) is 18.1 Å². The number of hydrogen-bond acceptors (Lipinski definition) is 5. The molecular formula is C21H26IN6P. The molecule has 2 aliphatic rings. The van der Waals surface area contributed by atoms with Crippen LogP contribution in [0.5, 0.6) is 0 Å². The summed E-state index contributed by atoms with van der Waals surface area (Å²) in [5.41, 5.74) is 6.68. The Balaban J connectivity index is 1.55. The number of hydrogen-bond donors (Lipinski definition) is 1. The summed E-state index contributed by atoms with van der Waals surface area (Å²) >= 11 is 2.40. The van der Waals surface area contributed by atoms with Gasteiger partial charge in [0.2, 0.25) is 0 Å². The van der Waals surface area contributed by atoms with E-state index >= 15 is 0 Å². The first-order valence-corrected chi connectivity index (χ1v) is 14.4. The van der Waals surface area contributed by atoms with Crippen molar-refractivity contribution >= 4 is 45.1 Å². The molecule has 3 unspecified atom stereocenters. The predicted molar refractivity (Wildman–Crippen MR) is 129 cm³/mol. The lowest BCUT2D eigenvalue weighted by Gasteiger charge is -2.36. The minimum absolute atomic E-state index is 0.465. The van der Waals surface area contributed by atoms with Gasteiger partial charge >= 0.3 is 0 Å². The number of nitrogens with zero attached hydrogens (tertiary/aromatic N) is 5. The van der Waals surface area contributed by atoms with Gasteiger partial charge in [-0.25, -0.2) is 14.4 Å². The van der Waals surface area contributed by atoms with Crippen LogP contribution >= 0.6 is 28.4 Å². The molecule has 1 saturated heterocycles. The fourth-order valence-electron chi connectivity index (χ4n) is 5.02. The number of anilines is 1. The van der Waals surface area contributed by atoms with Crippen molar-refractivity contribution in [3.63, 3.8) is 0 Å². The Hall–Kier alpha value is -1.31. The van der Waals surface area contributed by atoms with Crippen molar-refractivity contribution < 1.29 is 0 Å². The van der Waals surface area contributed by atoms with Crippen LogP contribution in [0, 0.1) is 12.8 Å². The van der Waals surface area contributed by atoms with E-state index in [1.807, 2.05) is 0 Å². The summed E-state index contributed by atoms with van der Waals surface area (Å²) in [5.74, 6) is 2.17. The molecule has 0 radical (unpaired) electrons. The molecule has 0 spiro atoms. The molecule has 1 aliphatic carbocycles. The maximum atomic E-state index is 4.74. The van der Waals surface area contributed by atoms with Crippen LogP contribution in [-0.4, -0.2) is 45.7 Å². The third kappa shape index (κ3) is 3.45. The molecule has 1 N–H and O–H groups in total. The average Bonchev–Trinajstić information content (AvgIpc) is 3.17. The molecule has 152 valence electrons. The van der Waals surface area contributed by atoms with Gasteiger partial charge in [0.15, 0.2) is 0 Å². The molecule has 1 fully saturated rings. The number of nitrogens with one attached hydrogen (secondary N) is 1. The molecule has 29 heavy (non-hydrogen) atoms. The van der Waals surface area contributed by atoms with Gasteiger partial charge in [-0.15, -0.1) is 0 Å². The zero-order valence-electron chi connectivity index (χ0n) is 16.8. The number of benzene rings is 1. The molecule has 8 heteroatoms. The summed E-state index contributed by atoms with van der Waals surface area (Å²) < 4.78 is 2.12. The van der Waals surface area contributed by atoms with Gasteiger partial charge in [-0.1, -0.05) is 13.0 Å². The van der Waals surface area contributed by atoms with Gasteiger partial charge in [-0.05, 0) is 70.8 Å². The Morgan fingerprint density at radius 3 is 2.79 bits per heavy atom. The highest BCUT2D eigenvalue weighted by molar-refractivity contribution is 14.2. The lowest BCUT2D eigenvalue weighted by Crippen LogP contribution is -2.44. The number of rotatable bonds is 3. The van der Waals surface area contributed by atoms with Crippen molar-refractivity contribution in [2.45, 2.75) is 32.6 Å². The smallest absolute Gasteiger partial charge is 0.135 e. The van der Waals surface area contributed by atoms with E-state index in [1.54, 1.807) is 6.33 Å². The van der Waals surface area contributed by atoms with Crippen LogP contribution in [0.1, 0.15) is 35.2 Å². The first kappa shape index (κ1) is 19.6. The summed E-state index contributed by atoms with van der Waals surface area (Å²) in [7, 11) is 0. The Bertz CT molecular complexity index is 1050. The summed E-state index contributed by atoms with van der Waals surface area (Å²) in [6.45, 7) is 8.74. The van der Waals surface area contributed by atoms with Crippen LogP contribution in [0.4, 0.5) is 5.82 Å². The van der Waals surface area contributed by atoms with E-state index in [9.17, 15) is 0 Å². The van der Waals surface area contributed by atoms with Gasteiger partial charge in [0.25, 0.3) is 0 Å². The van der Waals surface area contributed by atoms with Crippen LogP contribution in [0.3, 0.4) is 0 Å². The van der Waals surface area contributed by atoms with Crippen LogP contribution in [0.25, 0.3) is 10.9 Å². The van der Waals surface area contributed by atoms with E-state index in [2.05, 4.69) is 74.0 Å². The highest BCUT2D eigenvalue weighted by Crippen LogP contribution is 2.43. The topological polar surface area (TPSA) is 58.9 Å². The molecule has 3 heterocycles. The Kier molecular flexibility index (Phi) is 5.47. The molecule has 1 aliphatic heterocycles. The lowest BCUT2D eigenvalue weighted by molar-refractivity contribution is 0.420. The molecule has 2 aromatic heterocycles. The van der Waals surface area contributed by atoms with Gasteiger partial charge in [-0.3, -0.25) is 0 Å². The number of fused-ring (bicyclic) bond motifs is 2. The number of aromatic nitrogens is 4. The summed E-state index contributed by atoms with van der Waals surface area (Å²) in [4.78, 5) is 11.9. The monoisotopic (exact) mass is 520 g/mol. The van der Waals surface area contributed by atoms with Crippen LogP contribution in [-0.2, 0) is 12.8 Å². The summed E-state index contributed by atoms with van der Waals surface area (Å²) in [6, 6.07) is 4.49. The van der Waals surface area contributed by atoms with E-state index < -0.39 is 0 Å². The predicted octanol–water partition coefficient (Wildman–Crippen LogP) is 3.85. The quantitative estimate of drug-likeness (QED) is 0.420. The highest BCUT2D eigenvalue weighted by Gasteiger charge is 2.33. The van der Waals surface area contributed by atoms with E-state index in [1.165, 1.54) is 33.3 Å². The van der Waals surface area contributed by atoms with Crippen LogP contribution < -0.4 is 10.2 Å². The zero-order chi connectivity index (χ0) is 20.0. The fraction of sp³-hybridized carbons (Fsp3) is 0.476. The van der Waals surface area contributed by atoms with E-state index in [0.29, 0.717) is 18.2 Å². The summed E-state index contributed by atoms with van der Waals surface area (Å²) in [5, 5.41) is 9.39. The molecule has 0 amide bonds. The lowest BCUT2D eigenvalue weighted by atomic mass is 9.73. The van der Waals surface area contributed by atoms with Gasteiger partial charge in [0.1, 0.15) is 12.1 Å². The van der Waals surface area contributed by atoms with Gasteiger partial charge in [0, 0.05) is 42.8 Å². The molecule has 3 atom stereocenters. The van der Waals surface area contributed by atoms with Gasteiger partial charge in [-0.2, -0.15) is 5.10 Å². The average molecular weight is 520 g/mol. The normalized spacial score (nSPS) is 22.5. The number of piperazine rings is 1. The maximum Gasteiger partial charge on any atom is 0.135 e. The number of aryl methyl sites for hydroxylation is 1. The minimum Gasteiger partial charge on any atom is -0.354 e. The molecular weight excluding hydrogens is 494 g/mol.